The van der Waals surface area contributed by atoms with Crippen LogP contribution in [-0.2, 0) is 6.54 Å². The number of rotatable bonds is 4. The lowest BCUT2D eigenvalue weighted by Crippen LogP contribution is -2.34. The van der Waals surface area contributed by atoms with E-state index >= 15 is 0 Å². The van der Waals surface area contributed by atoms with E-state index in [4.69, 9.17) is 0 Å². The lowest BCUT2D eigenvalue weighted by molar-refractivity contribution is -0.685. The topological polar surface area (TPSA) is 8.81 Å². The molecular weight excluding hydrogens is 208 g/mol. The fourth-order valence-corrected chi connectivity index (χ4v) is 2.18. The Balaban J connectivity index is 2.52. The molecule has 1 aromatic heterocycles. The van der Waals surface area contributed by atoms with Crippen molar-refractivity contribution in [2.24, 2.45) is 0 Å². The molecule has 2 rings (SSSR count). The van der Waals surface area contributed by atoms with Gasteiger partial charge in [0.2, 0.25) is 0 Å². The molecule has 0 fully saturated rings. The van der Waals surface area contributed by atoms with Crippen molar-refractivity contribution in [2.75, 3.05) is 0 Å². The molecule has 0 saturated heterocycles. The van der Waals surface area contributed by atoms with Crippen LogP contribution in [0.5, 0.6) is 0 Å². The van der Waals surface area contributed by atoms with Gasteiger partial charge in [0.05, 0.1) is 18.2 Å². The summed E-state index contributed by atoms with van der Waals surface area (Å²) in [5.74, 6) is 1.31. The molecule has 2 heteroatoms. The average Bonchev–Trinajstić information content (AvgIpc) is 2.74. The third kappa shape index (κ3) is 2.41. The molecule has 0 bridgehead atoms. The maximum atomic E-state index is 2.34. The van der Waals surface area contributed by atoms with Crippen molar-refractivity contribution in [2.45, 2.75) is 39.8 Å². The summed E-state index contributed by atoms with van der Waals surface area (Å²) in [6.07, 6.45) is 5.53. The Morgan fingerprint density at radius 2 is 1.88 bits per heavy atom. The summed E-state index contributed by atoms with van der Waals surface area (Å²) in [4.78, 5) is 0. The van der Waals surface area contributed by atoms with E-state index in [1.807, 2.05) is 0 Å². The Bertz CT molecular complexity index is 469. The molecule has 0 saturated carbocycles. The Morgan fingerprint density at radius 3 is 2.47 bits per heavy atom. The van der Waals surface area contributed by atoms with Crippen LogP contribution in [0.3, 0.4) is 0 Å². The van der Waals surface area contributed by atoms with Gasteiger partial charge in [0.1, 0.15) is 12.4 Å². The minimum Gasteiger partial charge on any atom is -0.230 e. The van der Waals surface area contributed by atoms with Gasteiger partial charge in [-0.05, 0) is 32.4 Å². The van der Waals surface area contributed by atoms with Crippen molar-refractivity contribution in [3.63, 3.8) is 0 Å². The van der Waals surface area contributed by atoms with Gasteiger partial charge in [-0.2, -0.15) is 0 Å². The van der Waals surface area contributed by atoms with Crippen molar-refractivity contribution >= 4 is 0 Å². The normalized spacial score (nSPS) is 11.1. The van der Waals surface area contributed by atoms with E-state index < -0.39 is 0 Å². The zero-order valence-electron chi connectivity index (χ0n) is 10.9. The number of imidazole rings is 1. The van der Waals surface area contributed by atoms with Gasteiger partial charge in [0.25, 0.3) is 5.82 Å². The zero-order valence-corrected chi connectivity index (χ0v) is 10.9. The smallest absolute Gasteiger partial charge is 0.230 e. The van der Waals surface area contributed by atoms with Crippen LogP contribution in [0.4, 0.5) is 0 Å². The highest BCUT2D eigenvalue weighted by atomic mass is 15.2. The second-order valence-corrected chi connectivity index (χ2v) is 4.68. The van der Waals surface area contributed by atoms with E-state index in [2.05, 4.69) is 72.6 Å². The molecule has 1 aromatic carbocycles. The van der Waals surface area contributed by atoms with E-state index in [9.17, 15) is 0 Å². The van der Waals surface area contributed by atoms with E-state index in [0.717, 1.165) is 13.0 Å². The van der Waals surface area contributed by atoms with Gasteiger partial charge >= 0.3 is 0 Å². The first-order valence-electron chi connectivity index (χ1n) is 6.39. The van der Waals surface area contributed by atoms with Gasteiger partial charge in [-0.1, -0.05) is 25.1 Å². The number of nitrogens with zero attached hydrogens (tertiary/aromatic N) is 2. The summed E-state index contributed by atoms with van der Waals surface area (Å²) in [7, 11) is 0. The average molecular weight is 229 g/mol. The first-order chi connectivity index (χ1) is 8.24. The highest BCUT2D eigenvalue weighted by Crippen LogP contribution is 2.19. The third-order valence-electron chi connectivity index (χ3n) is 2.98. The van der Waals surface area contributed by atoms with Gasteiger partial charge in [-0.3, -0.25) is 0 Å². The summed E-state index contributed by atoms with van der Waals surface area (Å²) in [6.45, 7) is 7.74. The van der Waals surface area contributed by atoms with Gasteiger partial charge in [-0.25, -0.2) is 9.13 Å². The number of aromatic nitrogens is 2. The first kappa shape index (κ1) is 11.9. The second-order valence-electron chi connectivity index (χ2n) is 4.68. The molecule has 2 aromatic rings. The predicted molar refractivity (Wildman–Crippen MR) is 70.7 cm³/mol. The van der Waals surface area contributed by atoms with Gasteiger partial charge in [-0.15, -0.1) is 0 Å². The van der Waals surface area contributed by atoms with Crippen molar-refractivity contribution < 1.29 is 4.57 Å². The molecule has 17 heavy (non-hydrogen) atoms. The molecule has 0 aliphatic carbocycles. The van der Waals surface area contributed by atoms with E-state index in [1.54, 1.807) is 0 Å². The molecule has 0 aliphatic heterocycles. The quantitative estimate of drug-likeness (QED) is 0.710. The van der Waals surface area contributed by atoms with Crippen LogP contribution in [-0.4, -0.2) is 4.57 Å². The third-order valence-corrected chi connectivity index (χ3v) is 2.98. The maximum absolute atomic E-state index is 2.34. The molecule has 0 N–H and O–H groups in total. The molecule has 0 amide bonds. The van der Waals surface area contributed by atoms with Gasteiger partial charge < -0.3 is 0 Å². The number of hydrogen-bond donors (Lipinski definition) is 0. The largest absolute Gasteiger partial charge is 0.289 e. The molecule has 1 heterocycles. The molecule has 90 valence electrons. The highest BCUT2D eigenvalue weighted by molar-refractivity contribution is 5.52. The molecule has 0 unspecified atom stereocenters. The Kier molecular flexibility index (Phi) is 3.62. The monoisotopic (exact) mass is 229 g/mol. The number of aryl methyl sites for hydroxylation is 1. The van der Waals surface area contributed by atoms with E-state index in [0.29, 0.717) is 6.04 Å². The fraction of sp³-hybridized carbons (Fsp3) is 0.400. The Hall–Kier alpha value is -1.57. The van der Waals surface area contributed by atoms with Crippen molar-refractivity contribution in [3.8, 4) is 11.4 Å². The summed E-state index contributed by atoms with van der Waals surface area (Å²) in [5, 5.41) is 0. The highest BCUT2D eigenvalue weighted by Gasteiger charge is 2.20. The van der Waals surface area contributed by atoms with Crippen LogP contribution < -0.4 is 4.57 Å². The van der Waals surface area contributed by atoms with Crippen LogP contribution in [0.15, 0.2) is 42.7 Å². The molecule has 0 radical (unpaired) electrons. The summed E-state index contributed by atoms with van der Waals surface area (Å²) < 4.78 is 4.68. The molecule has 0 atom stereocenters. The van der Waals surface area contributed by atoms with Crippen molar-refractivity contribution in [1.29, 1.82) is 0 Å². The zero-order chi connectivity index (χ0) is 12.3. The Morgan fingerprint density at radius 1 is 1.18 bits per heavy atom. The summed E-state index contributed by atoms with van der Waals surface area (Å²) in [6, 6.07) is 11.1. The first-order valence-corrected chi connectivity index (χ1v) is 6.39. The Labute approximate surface area is 104 Å². The molecule has 0 aliphatic rings. The van der Waals surface area contributed by atoms with E-state index in [1.165, 1.54) is 11.4 Å². The van der Waals surface area contributed by atoms with Crippen LogP contribution in [0.2, 0.25) is 0 Å². The van der Waals surface area contributed by atoms with Crippen LogP contribution in [0.25, 0.3) is 11.4 Å². The SMILES string of the molecule is CCC[n+]1ccn(C(C)C)c1-c1ccccc1. The van der Waals surface area contributed by atoms with Gasteiger partial charge in [0, 0.05) is 0 Å². The van der Waals surface area contributed by atoms with Crippen LogP contribution in [0.1, 0.15) is 33.2 Å². The molecular formula is C15H21N2+. The molecule has 2 nitrogen and oxygen atoms in total. The van der Waals surface area contributed by atoms with Crippen molar-refractivity contribution in [1.82, 2.24) is 4.57 Å². The van der Waals surface area contributed by atoms with Crippen molar-refractivity contribution in [3.05, 3.63) is 42.7 Å². The standard InChI is InChI=1S/C15H21N2/c1-4-10-16-11-12-17(13(2)3)15(16)14-8-6-5-7-9-14/h5-9,11-13H,4,10H2,1-3H3/q+1. The van der Waals surface area contributed by atoms with Crippen LogP contribution in [0, 0.1) is 0 Å². The lowest BCUT2D eigenvalue weighted by atomic mass is 10.2. The van der Waals surface area contributed by atoms with Crippen LogP contribution >= 0.6 is 0 Å². The second kappa shape index (κ2) is 5.17. The maximum Gasteiger partial charge on any atom is 0.289 e. The number of benzene rings is 1. The minimum absolute atomic E-state index is 0.489. The fourth-order valence-electron chi connectivity index (χ4n) is 2.18. The molecule has 0 spiro atoms. The summed E-state index contributed by atoms with van der Waals surface area (Å²) >= 11 is 0. The minimum atomic E-state index is 0.489. The summed E-state index contributed by atoms with van der Waals surface area (Å²) in [5.41, 5.74) is 1.29. The lowest BCUT2D eigenvalue weighted by Gasteiger charge is -2.07. The van der Waals surface area contributed by atoms with E-state index in [-0.39, 0.29) is 0 Å². The predicted octanol–water partition coefficient (Wildman–Crippen LogP) is 3.43. The van der Waals surface area contributed by atoms with Gasteiger partial charge in [0.15, 0.2) is 0 Å². The number of hydrogen-bond acceptors (Lipinski definition) is 0.